The van der Waals surface area contributed by atoms with E-state index in [-0.39, 0.29) is 6.04 Å². The molecule has 3 nitrogen and oxygen atoms in total. The Morgan fingerprint density at radius 1 is 0.652 bits per heavy atom. The summed E-state index contributed by atoms with van der Waals surface area (Å²) in [4.78, 5) is 0. The van der Waals surface area contributed by atoms with Crippen molar-refractivity contribution in [1.82, 2.24) is 15.2 Å². The van der Waals surface area contributed by atoms with E-state index in [2.05, 4.69) is 174 Å². The van der Waals surface area contributed by atoms with Gasteiger partial charge in [0.2, 0.25) is 0 Å². The molecule has 1 atom stereocenters. The van der Waals surface area contributed by atoms with Crippen molar-refractivity contribution in [3.05, 3.63) is 169 Å². The molecule has 0 amide bonds. The maximum absolute atomic E-state index is 3.64. The summed E-state index contributed by atoms with van der Waals surface area (Å²) in [5.74, 6) is 0. The first kappa shape index (κ1) is 26.6. The quantitative estimate of drug-likeness (QED) is 0.213. The standard InChI is InChI=1S/C43H33N3/c1-28-35(15-8-24-44-28)41-23-19-33(27-45-41)30-16-21-39-40-22-18-32-25-31(37-14-7-10-29-9-5-6-13-36(29)37)17-20-38(32)43(40)46(42(39)26-30)34-11-3-2-4-12-34/h2-23,25-27,41,44-45H,24H2,1H3. The largest absolute Gasteiger partial charge is 0.385 e. The van der Waals surface area contributed by atoms with E-state index in [4.69, 9.17) is 0 Å². The van der Waals surface area contributed by atoms with Gasteiger partial charge in [0.05, 0.1) is 17.1 Å². The van der Waals surface area contributed by atoms with Crippen molar-refractivity contribution in [2.24, 2.45) is 0 Å². The van der Waals surface area contributed by atoms with E-state index in [1.807, 2.05) is 0 Å². The average Bonchev–Trinajstić information content (AvgIpc) is 3.46. The molecule has 0 fully saturated rings. The van der Waals surface area contributed by atoms with E-state index in [0.717, 1.165) is 12.2 Å². The lowest BCUT2D eigenvalue weighted by Gasteiger charge is -2.24. The Morgan fingerprint density at radius 3 is 2.33 bits per heavy atom. The summed E-state index contributed by atoms with van der Waals surface area (Å²) in [6.45, 7) is 3.04. The van der Waals surface area contributed by atoms with Crippen LogP contribution in [0.3, 0.4) is 0 Å². The number of dihydropyridines is 2. The summed E-state index contributed by atoms with van der Waals surface area (Å²) in [6, 6.07) is 44.6. The van der Waals surface area contributed by atoms with Crippen LogP contribution in [0.5, 0.6) is 0 Å². The molecular formula is C43H33N3. The zero-order valence-corrected chi connectivity index (χ0v) is 25.7. The van der Waals surface area contributed by atoms with E-state index < -0.39 is 0 Å². The topological polar surface area (TPSA) is 29.0 Å². The fraction of sp³-hybridized carbons (Fsp3) is 0.0698. The first-order valence-corrected chi connectivity index (χ1v) is 16.0. The summed E-state index contributed by atoms with van der Waals surface area (Å²) in [5.41, 5.74) is 11.0. The third kappa shape index (κ3) is 4.28. The van der Waals surface area contributed by atoms with Crippen LogP contribution < -0.4 is 10.6 Å². The second-order valence-corrected chi connectivity index (χ2v) is 12.3. The molecule has 0 saturated heterocycles. The fourth-order valence-corrected chi connectivity index (χ4v) is 7.32. The van der Waals surface area contributed by atoms with Crippen LogP contribution in [0.2, 0.25) is 0 Å². The number of aromatic nitrogens is 1. The highest BCUT2D eigenvalue weighted by molar-refractivity contribution is 6.19. The van der Waals surface area contributed by atoms with Gasteiger partial charge in [-0.1, -0.05) is 121 Å². The number of hydrogen-bond acceptors (Lipinski definition) is 2. The fourth-order valence-electron chi connectivity index (χ4n) is 7.32. The van der Waals surface area contributed by atoms with Gasteiger partial charge < -0.3 is 15.2 Å². The van der Waals surface area contributed by atoms with Gasteiger partial charge in [-0.15, -0.1) is 0 Å². The number of rotatable bonds is 4. The van der Waals surface area contributed by atoms with E-state index >= 15 is 0 Å². The molecule has 0 saturated carbocycles. The minimum atomic E-state index is 0.164. The van der Waals surface area contributed by atoms with Gasteiger partial charge in [0, 0.05) is 40.3 Å². The number of nitrogens with zero attached hydrogens (tertiary/aromatic N) is 1. The van der Waals surface area contributed by atoms with Crippen LogP contribution in [0.1, 0.15) is 12.5 Å². The zero-order chi connectivity index (χ0) is 30.6. The number of allylic oxidation sites excluding steroid dienone is 3. The Kier molecular flexibility index (Phi) is 6.17. The van der Waals surface area contributed by atoms with E-state index in [1.54, 1.807) is 0 Å². The molecule has 46 heavy (non-hydrogen) atoms. The molecular weight excluding hydrogens is 558 g/mol. The molecule has 2 aliphatic rings. The van der Waals surface area contributed by atoms with Crippen molar-refractivity contribution in [1.29, 1.82) is 0 Å². The molecule has 1 unspecified atom stereocenters. The van der Waals surface area contributed by atoms with Crippen molar-refractivity contribution in [3.63, 3.8) is 0 Å². The molecule has 3 heterocycles. The minimum Gasteiger partial charge on any atom is -0.385 e. The van der Waals surface area contributed by atoms with Crippen LogP contribution >= 0.6 is 0 Å². The lowest BCUT2D eigenvalue weighted by Crippen LogP contribution is -2.30. The summed E-state index contributed by atoms with van der Waals surface area (Å²) >= 11 is 0. The summed E-state index contributed by atoms with van der Waals surface area (Å²) in [5, 5.41) is 14.6. The molecule has 1 aromatic heterocycles. The van der Waals surface area contributed by atoms with Crippen LogP contribution in [-0.4, -0.2) is 17.2 Å². The predicted octanol–water partition coefficient (Wildman–Crippen LogP) is 10.1. The third-order valence-corrected chi connectivity index (χ3v) is 9.63. The lowest BCUT2D eigenvalue weighted by molar-refractivity contribution is 0.757. The van der Waals surface area contributed by atoms with Crippen molar-refractivity contribution < 1.29 is 0 Å². The van der Waals surface area contributed by atoms with Crippen molar-refractivity contribution >= 4 is 48.9 Å². The first-order valence-electron chi connectivity index (χ1n) is 16.0. The predicted molar refractivity (Wildman–Crippen MR) is 195 cm³/mol. The van der Waals surface area contributed by atoms with E-state index in [1.165, 1.54) is 76.9 Å². The van der Waals surface area contributed by atoms with Crippen LogP contribution in [0, 0.1) is 0 Å². The zero-order valence-electron chi connectivity index (χ0n) is 25.7. The Bertz CT molecular complexity index is 2450. The van der Waals surface area contributed by atoms with Gasteiger partial charge >= 0.3 is 0 Å². The molecule has 0 aliphatic carbocycles. The van der Waals surface area contributed by atoms with Crippen molar-refractivity contribution in [2.75, 3.05) is 6.54 Å². The summed E-state index contributed by atoms with van der Waals surface area (Å²) in [6.07, 6.45) is 11.1. The van der Waals surface area contributed by atoms with Gasteiger partial charge in [0.1, 0.15) is 0 Å². The summed E-state index contributed by atoms with van der Waals surface area (Å²) < 4.78 is 2.45. The van der Waals surface area contributed by atoms with Gasteiger partial charge in [0.25, 0.3) is 0 Å². The van der Waals surface area contributed by atoms with Crippen molar-refractivity contribution in [2.45, 2.75) is 13.0 Å². The number of para-hydroxylation sites is 1. The minimum absolute atomic E-state index is 0.164. The first-order chi connectivity index (χ1) is 22.7. The van der Waals surface area contributed by atoms with Crippen LogP contribution in [0.15, 0.2) is 163 Å². The van der Waals surface area contributed by atoms with E-state index in [0.29, 0.717) is 0 Å². The molecule has 7 aromatic rings. The van der Waals surface area contributed by atoms with Gasteiger partial charge in [-0.2, -0.15) is 0 Å². The average molecular weight is 592 g/mol. The molecule has 6 aromatic carbocycles. The molecule has 3 heteroatoms. The van der Waals surface area contributed by atoms with Crippen LogP contribution in [0.25, 0.3) is 65.7 Å². The number of hydrogen-bond donors (Lipinski definition) is 2. The Morgan fingerprint density at radius 2 is 1.46 bits per heavy atom. The Labute approximate surface area is 268 Å². The molecule has 2 N–H and O–H groups in total. The van der Waals surface area contributed by atoms with Gasteiger partial charge in [0.15, 0.2) is 0 Å². The second kappa shape index (κ2) is 10.7. The summed E-state index contributed by atoms with van der Waals surface area (Å²) in [7, 11) is 0. The Hall–Kier alpha value is -5.80. The smallest absolute Gasteiger partial charge is 0.0712 e. The Balaban J connectivity index is 1.20. The number of benzene rings is 6. The molecule has 9 rings (SSSR count). The molecule has 0 radical (unpaired) electrons. The normalized spacial score (nSPS) is 16.3. The highest BCUT2D eigenvalue weighted by atomic mass is 15.0. The number of nitrogens with one attached hydrogen (secondary N) is 2. The highest BCUT2D eigenvalue weighted by Crippen LogP contribution is 2.40. The maximum Gasteiger partial charge on any atom is 0.0712 e. The SMILES string of the molecule is CC1=C(C2C=CC(c3ccc4c5ccc6cc(-c7cccc8ccccc78)ccc6c5n(-c5ccccc5)c4c3)=CN2)C=CCN1. The second-order valence-electron chi connectivity index (χ2n) is 12.3. The third-order valence-electron chi connectivity index (χ3n) is 9.63. The molecule has 0 spiro atoms. The molecule has 220 valence electrons. The van der Waals surface area contributed by atoms with Gasteiger partial charge in [-0.05, 0) is 75.2 Å². The maximum atomic E-state index is 3.64. The monoisotopic (exact) mass is 591 g/mol. The number of fused-ring (bicyclic) bond motifs is 6. The van der Waals surface area contributed by atoms with Crippen molar-refractivity contribution in [3.8, 4) is 16.8 Å². The molecule has 2 aliphatic heterocycles. The van der Waals surface area contributed by atoms with Gasteiger partial charge in [-0.25, -0.2) is 0 Å². The van der Waals surface area contributed by atoms with Crippen LogP contribution in [-0.2, 0) is 0 Å². The molecule has 0 bridgehead atoms. The lowest BCUT2D eigenvalue weighted by atomic mass is 9.95. The van der Waals surface area contributed by atoms with Gasteiger partial charge in [-0.3, -0.25) is 0 Å². The van der Waals surface area contributed by atoms with E-state index in [9.17, 15) is 0 Å². The highest BCUT2D eigenvalue weighted by Gasteiger charge is 2.19. The van der Waals surface area contributed by atoms with Crippen LogP contribution in [0.4, 0.5) is 0 Å².